The molecule has 0 bridgehead atoms. The molecule has 2 heterocycles. The lowest BCUT2D eigenvalue weighted by molar-refractivity contribution is 0.0339. The first-order valence-electron chi connectivity index (χ1n) is 7.52. The molecule has 114 valence electrons. The molecule has 0 unspecified atom stereocenters. The van der Waals surface area contributed by atoms with E-state index in [0.717, 1.165) is 49.7 Å². The first kappa shape index (κ1) is 14.8. The van der Waals surface area contributed by atoms with E-state index in [-0.39, 0.29) is 0 Å². The predicted molar refractivity (Wildman–Crippen MR) is 87.4 cm³/mol. The molecule has 4 heteroatoms. The van der Waals surface area contributed by atoms with Gasteiger partial charge in [0.1, 0.15) is 5.75 Å². The molecule has 0 radical (unpaired) electrons. The average molecular weight is 296 g/mol. The Hall–Kier alpha value is -2.17. The van der Waals surface area contributed by atoms with Gasteiger partial charge in [-0.25, -0.2) is 0 Å². The molecule has 1 aromatic carbocycles. The molecule has 0 atom stereocenters. The topological polar surface area (TPSA) is 45.6 Å². The summed E-state index contributed by atoms with van der Waals surface area (Å²) in [6.45, 7) is 4.10. The van der Waals surface area contributed by atoms with Crippen LogP contribution in [0.4, 0.5) is 0 Å². The summed E-state index contributed by atoms with van der Waals surface area (Å²) in [6.07, 6.45) is 5.77. The quantitative estimate of drug-likeness (QED) is 0.942. The van der Waals surface area contributed by atoms with Crippen molar-refractivity contribution in [1.29, 1.82) is 0 Å². The molecule has 1 N–H and O–H groups in total. The highest BCUT2D eigenvalue weighted by Crippen LogP contribution is 2.22. The van der Waals surface area contributed by atoms with Gasteiger partial charge in [0.25, 0.3) is 0 Å². The number of morpholine rings is 1. The van der Waals surface area contributed by atoms with Crippen LogP contribution >= 0.6 is 0 Å². The Morgan fingerprint density at radius 2 is 2.00 bits per heavy atom. The third-order valence-corrected chi connectivity index (χ3v) is 3.74. The molecule has 1 aliphatic rings. The van der Waals surface area contributed by atoms with Gasteiger partial charge >= 0.3 is 0 Å². The molecule has 0 amide bonds. The number of rotatable bonds is 4. The number of phenols is 1. The fourth-order valence-corrected chi connectivity index (χ4v) is 2.49. The van der Waals surface area contributed by atoms with Gasteiger partial charge in [0.15, 0.2) is 0 Å². The van der Waals surface area contributed by atoms with E-state index in [2.05, 4.69) is 9.88 Å². The van der Waals surface area contributed by atoms with E-state index in [1.807, 2.05) is 42.5 Å². The predicted octanol–water partition coefficient (Wildman–Crippen LogP) is 2.79. The second kappa shape index (κ2) is 7.20. The summed E-state index contributed by atoms with van der Waals surface area (Å²) in [4.78, 5) is 6.57. The third kappa shape index (κ3) is 3.93. The lowest BCUT2D eigenvalue weighted by Crippen LogP contribution is -2.35. The molecular weight excluding hydrogens is 276 g/mol. The molecule has 22 heavy (non-hydrogen) atoms. The Kier molecular flexibility index (Phi) is 4.83. The summed E-state index contributed by atoms with van der Waals surface area (Å²) >= 11 is 0. The first-order chi connectivity index (χ1) is 10.8. The lowest BCUT2D eigenvalue weighted by Gasteiger charge is -2.26. The molecule has 0 saturated carbocycles. The molecule has 1 fully saturated rings. The second-order valence-corrected chi connectivity index (χ2v) is 5.36. The Balaban J connectivity index is 1.73. The molecule has 1 aliphatic heterocycles. The zero-order valence-electron chi connectivity index (χ0n) is 12.5. The van der Waals surface area contributed by atoms with E-state index < -0.39 is 0 Å². The number of hydrogen-bond donors (Lipinski definition) is 1. The summed E-state index contributed by atoms with van der Waals surface area (Å²) in [5.74, 6) is 0.349. The second-order valence-electron chi connectivity index (χ2n) is 5.36. The molecule has 1 aromatic heterocycles. The number of aromatic nitrogens is 1. The van der Waals surface area contributed by atoms with Gasteiger partial charge in [-0.3, -0.25) is 9.88 Å². The van der Waals surface area contributed by atoms with Crippen molar-refractivity contribution in [2.24, 2.45) is 0 Å². The standard InChI is InChI=1S/C18H20N2O2/c21-18-7-5-15(4-6-17-3-1-2-8-19-17)13-16(18)14-20-9-11-22-12-10-20/h1-8,13,21H,9-12,14H2/b6-4+. The lowest BCUT2D eigenvalue weighted by atomic mass is 10.1. The van der Waals surface area contributed by atoms with Crippen LogP contribution in [0.1, 0.15) is 16.8 Å². The Morgan fingerprint density at radius 1 is 1.14 bits per heavy atom. The number of pyridine rings is 1. The smallest absolute Gasteiger partial charge is 0.120 e. The van der Waals surface area contributed by atoms with Gasteiger partial charge in [-0.2, -0.15) is 0 Å². The minimum atomic E-state index is 0.349. The van der Waals surface area contributed by atoms with Crippen molar-refractivity contribution in [3.05, 3.63) is 59.4 Å². The van der Waals surface area contributed by atoms with Crippen molar-refractivity contribution in [3.63, 3.8) is 0 Å². The highest BCUT2D eigenvalue weighted by Gasteiger charge is 2.12. The van der Waals surface area contributed by atoms with E-state index in [9.17, 15) is 5.11 Å². The maximum absolute atomic E-state index is 10.1. The van der Waals surface area contributed by atoms with Crippen molar-refractivity contribution >= 4 is 12.2 Å². The van der Waals surface area contributed by atoms with E-state index in [0.29, 0.717) is 5.75 Å². The summed E-state index contributed by atoms with van der Waals surface area (Å²) in [7, 11) is 0. The minimum Gasteiger partial charge on any atom is -0.508 e. The summed E-state index contributed by atoms with van der Waals surface area (Å²) in [5.41, 5.74) is 2.93. The van der Waals surface area contributed by atoms with Gasteiger partial charge < -0.3 is 9.84 Å². The van der Waals surface area contributed by atoms with Crippen LogP contribution in [0.15, 0.2) is 42.6 Å². The number of phenolic OH excluding ortho intramolecular Hbond substituents is 1. The molecule has 1 saturated heterocycles. The molecule has 4 nitrogen and oxygen atoms in total. The SMILES string of the molecule is Oc1ccc(/C=C/c2ccccn2)cc1CN1CCOCC1. The third-order valence-electron chi connectivity index (χ3n) is 3.74. The zero-order chi connectivity index (χ0) is 15.2. The average Bonchev–Trinajstić information content (AvgIpc) is 2.57. The number of benzene rings is 1. The van der Waals surface area contributed by atoms with Gasteiger partial charge in [0.2, 0.25) is 0 Å². The van der Waals surface area contributed by atoms with Crippen LogP contribution < -0.4 is 0 Å². The van der Waals surface area contributed by atoms with E-state index in [1.54, 1.807) is 12.3 Å². The number of ether oxygens (including phenoxy) is 1. The Bertz CT molecular complexity index is 635. The van der Waals surface area contributed by atoms with Crippen molar-refractivity contribution < 1.29 is 9.84 Å². The van der Waals surface area contributed by atoms with E-state index >= 15 is 0 Å². The monoisotopic (exact) mass is 296 g/mol. The fourth-order valence-electron chi connectivity index (χ4n) is 2.49. The molecule has 3 rings (SSSR count). The summed E-state index contributed by atoms with van der Waals surface area (Å²) in [6, 6.07) is 11.5. The normalized spacial score (nSPS) is 16.2. The van der Waals surface area contributed by atoms with Crippen LogP contribution in [0.5, 0.6) is 5.75 Å². The highest BCUT2D eigenvalue weighted by atomic mass is 16.5. The van der Waals surface area contributed by atoms with E-state index in [4.69, 9.17) is 4.74 Å². The molecule has 2 aromatic rings. The van der Waals surface area contributed by atoms with Crippen LogP contribution in [0, 0.1) is 0 Å². The Morgan fingerprint density at radius 3 is 2.77 bits per heavy atom. The van der Waals surface area contributed by atoms with Gasteiger partial charge in [0.05, 0.1) is 18.9 Å². The largest absolute Gasteiger partial charge is 0.508 e. The zero-order valence-corrected chi connectivity index (χ0v) is 12.5. The maximum Gasteiger partial charge on any atom is 0.120 e. The number of nitrogens with zero attached hydrogens (tertiary/aromatic N) is 2. The molecular formula is C18H20N2O2. The van der Waals surface area contributed by atoms with Crippen molar-refractivity contribution in [2.75, 3.05) is 26.3 Å². The highest BCUT2D eigenvalue weighted by molar-refractivity contribution is 5.68. The van der Waals surface area contributed by atoms with Crippen LogP contribution in [-0.2, 0) is 11.3 Å². The summed E-state index contributed by atoms with van der Waals surface area (Å²) < 4.78 is 5.36. The van der Waals surface area contributed by atoms with Crippen LogP contribution in [0.3, 0.4) is 0 Å². The molecule has 0 spiro atoms. The first-order valence-corrected chi connectivity index (χ1v) is 7.52. The van der Waals surface area contributed by atoms with E-state index in [1.165, 1.54) is 0 Å². The van der Waals surface area contributed by atoms with Gasteiger partial charge in [-0.1, -0.05) is 18.2 Å². The molecule has 0 aliphatic carbocycles. The van der Waals surface area contributed by atoms with Crippen molar-refractivity contribution in [3.8, 4) is 5.75 Å². The maximum atomic E-state index is 10.1. The minimum absolute atomic E-state index is 0.349. The number of hydrogen-bond acceptors (Lipinski definition) is 4. The fraction of sp³-hybridized carbons (Fsp3) is 0.278. The van der Waals surface area contributed by atoms with Gasteiger partial charge in [-0.05, 0) is 35.9 Å². The van der Waals surface area contributed by atoms with Gasteiger partial charge in [0, 0.05) is 31.4 Å². The number of aromatic hydroxyl groups is 1. The van der Waals surface area contributed by atoms with Crippen molar-refractivity contribution in [2.45, 2.75) is 6.54 Å². The summed E-state index contributed by atoms with van der Waals surface area (Å²) in [5, 5.41) is 10.1. The van der Waals surface area contributed by atoms with Crippen molar-refractivity contribution in [1.82, 2.24) is 9.88 Å². The van der Waals surface area contributed by atoms with Gasteiger partial charge in [-0.15, -0.1) is 0 Å². The Labute approximate surface area is 130 Å². The van der Waals surface area contributed by atoms with Crippen LogP contribution in [-0.4, -0.2) is 41.3 Å². The van der Waals surface area contributed by atoms with Crippen LogP contribution in [0.25, 0.3) is 12.2 Å². The van der Waals surface area contributed by atoms with Crippen LogP contribution in [0.2, 0.25) is 0 Å².